The average molecular weight is 608 g/mol. The van der Waals surface area contributed by atoms with Gasteiger partial charge in [0.15, 0.2) is 11.5 Å². The molecule has 0 aliphatic rings. The van der Waals surface area contributed by atoms with Gasteiger partial charge in [0, 0.05) is 12.1 Å². The molecule has 0 radical (unpaired) electrons. The van der Waals surface area contributed by atoms with E-state index in [-0.39, 0.29) is 34.4 Å². The van der Waals surface area contributed by atoms with Crippen LogP contribution in [-0.2, 0) is 11.4 Å². The number of carbonyl (C=O) groups excluding carboxylic acids is 1. The lowest BCUT2D eigenvalue weighted by atomic mass is 10.1. The first-order chi connectivity index (χ1) is 16.7. The number of amides is 1. The summed E-state index contributed by atoms with van der Waals surface area (Å²) in [5, 5.41) is 23.0. The standard InChI is InChI=1S/C24H16ClFIN3O5/c1-34-22-10-15(9-20(27)23(22)35-13-14-2-4-17(26)5-3-14)8-16(12-28)24(31)29-21-11-18(30(32)33)6-7-19(21)25/h2-11H,13H2,1H3,(H,29,31)/b16-8+. The largest absolute Gasteiger partial charge is 0.493 e. The topological polar surface area (TPSA) is 114 Å². The van der Waals surface area contributed by atoms with E-state index in [4.69, 9.17) is 21.1 Å². The van der Waals surface area contributed by atoms with Crippen molar-refractivity contribution < 1.29 is 23.6 Å². The fourth-order valence-corrected chi connectivity index (χ4v) is 3.87. The number of halogens is 3. The fourth-order valence-electron chi connectivity index (χ4n) is 2.93. The molecule has 35 heavy (non-hydrogen) atoms. The highest BCUT2D eigenvalue weighted by Crippen LogP contribution is 2.35. The second-order valence-corrected chi connectivity index (χ2v) is 8.56. The summed E-state index contributed by atoms with van der Waals surface area (Å²) in [4.78, 5) is 23.0. The zero-order valence-electron chi connectivity index (χ0n) is 18.1. The molecule has 0 bridgehead atoms. The second kappa shape index (κ2) is 11.6. The van der Waals surface area contributed by atoms with E-state index in [1.54, 1.807) is 24.3 Å². The quantitative estimate of drug-likeness (QED) is 0.108. The SMILES string of the molecule is COc1cc(/C=C(\C#N)C(=O)Nc2cc([N+](=O)[O-])ccc2Cl)cc(I)c1OCc1ccc(F)cc1. The molecule has 0 unspecified atom stereocenters. The van der Waals surface area contributed by atoms with Gasteiger partial charge in [-0.1, -0.05) is 23.7 Å². The van der Waals surface area contributed by atoms with Crippen LogP contribution in [0.2, 0.25) is 5.02 Å². The van der Waals surface area contributed by atoms with Gasteiger partial charge in [0.1, 0.15) is 24.1 Å². The Morgan fingerprint density at radius 1 is 1.26 bits per heavy atom. The van der Waals surface area contributed by atoms with Crippen molar-refractivity contribution in [2.75, 3.05) is 12.4 Å². The Morgan fingerprint density at radius 2 is 1.97 bits per heavy atom. The van der Waals surface area contributed by atoms with Crippen LogP contribution in [0.15, 0.2) is 60.2 Å². The molecule has 11 heteroatoms. The van der Waals surface area contributed by atoms with Crippen LogP contribution in [0.5, 0.6) is 11.5 Å². The first-order valence-corrected chi connectivity index (χ1v) is 11.3. The van der Waals surface area contributed by atoms with Gasteiger partial charge < -0.3 is 14.8 Å². The van der Waals surface area contributed by atoms with Crippen molar-refractivity contribution in [3.8, 4) is 17.6 Å². The lowest BCUT2D eigenvalue weighted by Crippen LogP contribution is -2.14. The van der Waals surface area contributed by atoms with Crippen molar-refractivity contribution in [1.82, 2.24) is 0 Å². The second-order valence-electron chi connectivity index (χ2n) is 6.99. The van der Waals surface area contributed by atoms with Gasteiger partial charge in [0.2, 0.25) is 0 Å². The van der Waals surface area contributed by atoms with Crippen LogP contribution in [0, 0.1) is 30.8 Å². The van der Waals surface area contributed by atoms with Crippen molar-refractivity contribution in [1.29, 1.82) is 5.26 Å². The van der Waals surface area contributed by atoms with E-state index in [0.717, 1.165) is 11.6 Å². The Labute approximate surface area is 218 Å². The molecular weight excluding hydrogens is 592 g/mol. The molecule has 0 aliphatic heterocycles. The predicted octanol–water partition coefficient (Wildman–Crippen LogP) is 6.13. The number of benzene rings is 3. The molecular formula is C24H16ClFIN3O5. The van der Waals surface area contributed by atoms with Gasteiger partial charge in [0.05, 0.1) is 26.3 Å². The van der Waals surface area contributed by atoms with Crippen molar-refractivity contribution in [3.63, 3.8) is 0 Å². The van der Waals surface area contributed by atoms with E-state index < -0.39 is 10.8 Å². The van der Waals surface area contributed by atoms with E-state index in [1.165, 1.54) is 37.5 Å². The van der Waals surface area contributed by atoms with Crippen molar-refractivity contribution in [2.45, 2.75) is 6.61 Å². The highest BCUT2D eigenvalue weighted by atomic mass is 127. The molecule has 0 aliphatic carbocycles. The molecule has 0 saturated heterocycles. The van der Waals surface area contributed by atoms with Gasteiger partial charge in [-0.2, -0.15) is 5.26 Å². The number of nitro groups is 1. The van der Waals surface area contributed by atoms with Gasteiger partial charge >= 0.3 is 0 Å². The maximum atomic E-state index is 13.1. The van der Waals surface area contributed by atoms with Crippen LogP contribution in [0.3, 0.4) is 0 Å². The number of nitro benzene ring substituents is 1. The maximum Gasteiger partial charge on any atom is 0.271 e. The molecule has 0 saturated carbocycles. The minimum absolute atomic E-state index is 0.00344. The molecule has 3 aromatic rings. The summed E-state index contributed by atoms with van der Waals surface area (Å²) in [6.07, 6.45) is 1.34. The summed E-state index contributed by atoms with van der Waals surface area (Å²) in [6.45, 7) is 0.178. The third-order valence-electron chi connectivity index (χ3n) is 4.63. The summed E-state index contributed by atoms with van der Waals surface area (Å²) in [5.41, 5.74) is 0.727. The van der Waals surface area contributed by atoms with E-state index in [9.17, 15) is 24.6 Å². The molecule has 3 rings (SSSR count). The minimum Gasteiger partial charge on any atom is -0.493 e. The van der Waals surface area contributed by atoms with Crippen LogP contribution in [0.25, 0.3) is 6.08 Å². The molecule has 0 spiro atoms. The van der Waals surface area contributed by atoms with Crippen LogP contribution in [0.1, 0.15) is 11.1 Å². The summed E-state index contributed by atoms with van der Waals surface area (Å²) in [5.74, 6) is -0.326. The molecule has 1 N–H and O–H groups in total. The molecule has 1 amide bonds. The van der Waals surface area contributed by atoms with Gasteiger partial charge in [-0.15, -0.1) is 0 Å². The molecule has 0 atom stereocenters. The number of rotatable bonds is 8. The minimum atomic E-state index is -0.791. The Morgan fingerprint density at radius 3 is 2.60 bits per heavy atom. The number of carbonyl (C=O) groups is 1. The number of hydrogen-bond donors (Lipinski definition) is 1. The van der Waals surface area contributed by atoms with Gasteiger partial charge in [-0.3, -0.25) is 14.9 Å². The normalized spacial score (nSPS) is 10.9. The number of methoxy groups -OCH3 is 1. The van der Waals surface area contributed by atoms with Crippen molar-refractivity contribution >= 4 is 57.5 Å². The number of non-ortho nitro benzene ring substituents is 1. The molecule has 8 nitrogen and oxygen atoms in total. The van der Waals surface area contributed by atoms with Crippen LogP contribution in [0.4, 0.5) is 15.8 Å². The Hall–Kier alpha value is -3.69. The third-order valence-corrected chi connectivity index (χ3v) is 5.76. The smallest absolute Gasteiger partial charge is 0.271 e. The number of nitrogens with zero attached hydrogens (tertiary/aromatic N) is 2. The van der Waals surface area contributed by atoms with Crippen molar-refractivity contribution in [3.05, 3.63) is 95.8 Å². The summed E-state index contributed by atoms with van der Waals surface area (Å²) >= 11 is 8.06. The Balaban J connectivity index is 1.84. The predicted molar refractivity (Wildman–Crippen MR) is 137 cm³/mol. The van der Waals surface area contributed by atoms with E-state index >= 15 is 0 Å². The number of nitriles is 1. The Kier molecular flexibility index (Phi) is 8.62. The summed E-state index contributed by atoms with van der Waals surface area (Å²) < 4.78 is 25.0. The lowest BCUT2D eigenvalue weighted by molar-refractivity contribution is -0.384. The fraction of sp³-hybridized carbons (Fsp3) is 0.0833. The Bertz CT molecular complexity index is 1360. The average Bonchev–Trinajstić information content (AvgIpc) is 2.83. The highest BCUT2D eigenvalue weighted by molar-refractivity contribution is 14.1. The maximum absolute atomic E-state index is 13.1. The first kappa shape index (κ1) is 25.9. The van der Waals surface area contributed by atoms with Gasteiger partial charge in [-0.05, 0) is 70.1 Å². The van der Waals surface area contributed by atoms with Gasteiger partial charge in [-0.25, -0.2) is 4.39 Å². The van der Waals surface area contributed by atoms with Crippen molar-refractivity contribution in [2.24, 2.45) is 0 Å². The number of nitrogens with one attached hydrogen (secondary N) is 1. The lowest BCUT2D eigenvalue weighted by Gasteiger charge is -2.14. The molecule has 0 aromatic heterocycles. The number of hydrogen-bond acceptors (Lipinski definition) is 6. The monoisotopic (exact) mass is 607 g/mol. The first-order valence-electron chi connectivity index (χ1n) is 9.83. The summed E-state index contributed by atoms with van der Waals surface area (Å²) in [6, 6.07) is 14.6. The number of anilines is 1. The van der Waals surface area contributed by atoms with E-state index in [0.29, 0.717) is 20.6 Å². The zero-order valence-corrected chi connectivity index (χ0v) is 21.0. The summed E-state index contributed by atoms with van der Waals surface area (Å²) in [7, 11) is 1.45. The van der Waals surface area contributed by atoms with E-state index in [2.05, 4.69) is 5.32 Å². The molecule has 0 heterocycles. The third kappa shape index (κ3) is 6.68. The van der Waals surface area contributed by atoms with Crippen LogP contribution < -0.4 is 14.8 Å². The molecule has 3 aromatic carbocycles. The molecule has 0 fully saturated rings. The highest BCUT2D eigenvalue weighted by Gasteiger charge is 2.17. The zero-order chi connectivity index (χ0) is 25.5. The molecule has 178 valence electrons. The van der Waals surface area contributed by atoms with Crippen LogP contribution >= 0.6 is 34.2 Å². The van der Waals surface area contributed by atoms with Gasteiger partial charge in [0.25, 0.3) is 11.6 Å². The van der Waals surface area contributed by atoms with Crippen LogP contribution in [-0.4, -0.2) is 17.9 Å². The number of ether oxygens (including phenoxy) is 2. The van der Waals surface area contributed by atoms with E-state index in [1.807, 2.05) is 28.7 Å².